The van der Waals surface area contributed by atoms with E-state index < -0.39 is 0 Å². The first-order chi connectivity index (χ1) is 8.18. The fourth-order valence-corrected chi connectivity index (χ4v) is 2.29. The molecule has 0 spiro atoms. The quantitative estimate of drug-likeness (QED) is 0.465. The van der Waals surface area contributed by atoms with Gasteiger partial charge in [-0.25, -0.2) is 15.0 Å². The Kier molecular flexibility index (Phi) is 3.75. The molecule has 1 aliphatic carbocycles. The van der Waals surface area contributed by atoms with Crippen LogP contribution in [0.15, 0.2) is 21.8 Å². The van der Waals surface area contributed by atoms with Crippen molar-refractivity contribution in [3.63, 3.8) is 0 Å². The van der Waals surface area contributed by atoms with Gasteiger partial charge in [0.05, 0.1) is 5.70 Å². The summed E-state index contributed by atoms with van der Waals surface area (Å²) in [5.41, 5.74) is 11.8. The zero-order chi connectivity index (χ0) is 12.3. The fourth-order valence-electron chi connectivity index (χ4n) is 2.29. The Labute approximate surface area is 101 Å². The molecule has 0 saturated heterocycles. The lowest BCUT2D eigenvalue weighted by molar-refractivity contribution is 0.131. The van der Waals surface area contributed by atoms with E-state index in [9.17, 15) is 0 Å². The zero-order valence-electron chi connectivity index (χ0n) is 9.92. The molecule has 2 rings (SSSR count). The third-order valence-electron chi connectivity index (χ3n) is 3.34. The van der Waals surface area contributed by atoms with Gasteiger partial charge in [-0.1, -0.05) is 19.3 Å². The largest absolute Gasteiger partial charge is 0.396 e. The van der Waals surface area contributed by atoms with Crippen LogP contribution in [-0.2, 0) is 0 Å². The van der Waals surface area contributed by atoms with E-state index >= 15 is 0 Å². The van der Waals surface area contributed by atoms with Crippen molar-refractivity contribution in [3.8, 4) is 0 Å². The number of hydrogen-bond donors (Lipinski definition) is 3. The molecule has 2 aliphatic rings. The molecular formula is C11H20N6. The van der Waals surface area contributed by atoms with Crippen molar-refractivity contribution in [2.24, 2.45) is 27.3 Å². The normalized spacial score (nSPS) is 26.6. The standard InChI is InChI=1S/C11H20N6/c12-9-6-10(15-7-16-11(9)13)17(14)8-4-2-1-3-5-8/h6-8,10H,1-5,12,14H2,(H2,13,15,16). The Bertz CT molecular complexity index is 353. The van der Waals surface area contributed by atoms with Crippen LogP contribution in [0.3, 0.4) is 0 Å². The van der Waals surface area contributed by atoms with Crippen molar-refractivity contribution in [1.29, 1.82) is 0 Å². The Morgan fingerprint density at radius 2 is 1.88 bits per heavy atom. The average Bonchev–Trinajstić information content (AvgIpc) is 2.52. The van der Waals surface area contributed by atoms with Crippen LogP contribution >= 0.6 is 0 Å². The lowest BCUT2D eigenvalue weighted by atomic mass is 9.95. The van der Waals surface area contributed by atoms with Gasteiger partial charge in [-0.05, 0) is 18.9 Å². The Morgan fingerprint density at radius 1 is 1.18 bits per heavy atom. The molecule has 1 aliphatic heterocycles. The summed E-state index contributed by atoms with van der Waals surface area (Å²) >= 11 is 0. The van der Waals surface area contributed by atoms with Crippen molar-refractivity contribution in [1.82, 2.24) is 5.01 Å². The molecule has 6 heteroatoms. The van der Waals surface area contributed by atoms with Gasteiger partial charge in [-0.2, -0.15) is 0 Å². The van der Waals surface area contributed by atoms with Gasteiger partial charge < -0.3 is 11.5 Å². The van der Waals surface area contributed by atoms with E-state index in [-0.39, 0.29) is 6.17 Å². The summed E-state index contributed by atoms with van der Waals surface area (Å²) in [7, 11) is 0. The predicted molar refractivity (Wildman–Crippen MR) is 69.1 cm³/mol. The lowest BCUT2D eigenvalue weighted by Crippen LogP contribution is -2.47. The monoisotopic (exact) mass is 236 g/mol. The maximum atomic E-state index is 6.13. The second kappa shape index (κ2) is 5.29. The van der Waals surface area contributed by atoms with Crippen LogP contribution in [0.4, 0.5) is 0 Å². The molecule has 0 radical (unpaired) electrons. The Morgan fingerprint density at radius 3 is 2.59 bits per heavy atom. The van der Waals surface area contributed by atoms with Crippen LogP contribution in [0.25, 0.3) is 0 Å². The van der Waals surface area contributed by atoms with Gasteiger partial charge in [0.25, 0.3) is 0 Å². The molecule has 0 aromatic rings. The average molecular weight is 236 g/mol. The van der Waals surface area contributed by atoms with E-state index in [0.29, 0.717) is 17.6 Å². The van der Waals surface area contributed by atoms with Crippen molar-refractivity contribution in [3.05, 3.63) is 11.8 Å². The second-order valence-corrected chi connectivity index (χ2v) is 4.55. The smallest absolute Gasteiger partial charge is 0.148 e. The number of amidine groups is 1. The highest BCUT2D eigenvalue weighted by Gasteiger charge is 2.24. The molecule has 1 unspecified atom stereocenters. The van der Waals surface area contributed by atoms with Crippen LogP contribution in [0.5, 0.6) is 0 Å². The summed E-state index contributed by atoms with van der Waals surface area (Å²) in [5.74, 6) is 6.43. The minimum atomic E-state index is -0.261. The highest BCUT2D eigenvalue weighted by molar-refractivity contribution is 6.00. The molecule has 1 atom stereocenters. The van der Waals surface area contributed by atoms with Crippen LogP contribution in [0, 0.1) is 0 Å². The van der Waals surface area contributed by atoms with E-state index in [2.05, 4.69) is 9.98 Å². The van der Waals surface area contributed by atoms with Gasteiger partial charge in [0.15, 0.2) is 0 Å². The first-order valence-electron chi connectivity index (χ1n) is 6.04. The number of hydrogen-bond acceptors (Lipinski definition) is 6. The molecule has 1 fully saturated rings. The van der Waals surface area contributed by atoms with E-state index in [4.69, 9.17) is 17.3 Å². The van der Waals surface area contributed by atoms with Gasteiger partial charge in [0.2, 0.25) is 0 Å². The lowest BCUT2D eigenvalue weighted by Gasteiger charge is -2.33. The minimum Gasteiger partial charge on any atom is -0.396 e. The summed E-state index contributed by atoms with van der Waals surface area (Å²) in [6.07, 6.45) is 8.92. The molecule has 6 N–H and O–H groups in total. The highest BCUT2D eigenvalue weighted by atomic mass is 15.5. The maximum Gasteiger partial charge on any atom is 0.148 e. The van der Waals surface area contributed by atoms with E-state index in [1.807, 2.05) is 0 Å². The van der Waals surface area contributed by atoms with Crippen LogP contribution < -0.4 is 17.3 Å². The SMILES string of the molecule is NC1=CC(N(N)C2CCCCC2)N=CN=C1N. The second-order valence-electron chi connectivity index (χ2n) is 4.55. The van der Waals surface area contributed by atoms with Crippen LogP contribution in [0.2, 0.25) is 0 Å². The molecule has 6 nitrogen and oxygen atoms in total. The molecular weight excluding hydrogens is 216 g/mol. The third-order valence-corrected chi connectivity index (χ3v) is 3.34. The summed E-state index contributed by atoms with van der Waals surface area (Å²) in [4.78, 5) is 8.16. The molecule has 0 aromatic carbocycles. The number of nitrogens with zero attached hydrogens (tertiary/aromatic N) is 3. The summed E-state index contributed by atoms with van der Waals surface area (Å²) in [5, 5.41) is 1.77. The summed E-state index contributed by atoms with van der Waals surface area (Å²) in [6, 6.07) is 0.370. The molecule has 0 amide bonds. The molecule has 17 heavy (non-hydrogen) atoms. The van der Waals surface area contributed by atoms with Gasteiger partial charge in [0, 0.05) is 6.04 Å². The van der Waals surface area contributed by atoms with Gasteiger partial charge in [-0.15, -0.1) is 0 Å². The Hall–Kier alpha value is -1.40. The van der Waals surface area contributed by atoms with E-state index in [0.717, 1.165) is 12.8 Å². The molecule has 1 heterocycles. The van der Waals surface area contributed by atoms with Crippen molar-refractivity contribution >= 4 is 12.2 Å². The molecule has 1 saturated carbocycles. The topological polar surface area (TPSA) is 106 Å². The van der Waals surface area contributed by atoms with Crippen LogP contribution in [-0.4, -0.2) is 29.4 Å². The first kappa shape index (κ1) is 12.1. The highest BCUT2D eigenvalue weighted by Crippen LogP contribution is 2.22. The molecule has 0 aromatic heterocycles. The van der Waals surface area contributed by atoms with Gasteiger partial charge in [-0.3, -0.25) is 5.84 Å². The molecule has 0 bridgehead atoms. The van der Waals surface area contributed by atoms with Crippen LogP contribution in [0.1, 0.15) is 32.1 Å². The van der Waals surface area contributed by atoms with Crippen molar-refractivity contribution < 1.29 is 0 Å². The van der Waals surface area contributed by atoms with E-state index in [1.165, 1.54) is 25.6 Å². The maximum absolute atomic E-state index is 6.13. The number of hydrazine groups is 1. The number of rotatable bonds is 2. The third kappa shape index (κ3) is 2.83. The first-order valence-corrected chi connectivity index (χ1v) is 6.04. The summed E-state index contributed by atoms with van der Waals surface area (Å²) in [6.45, 7) is 0. The molecule has 94 valence electrons. The van der Waals surface area contributed by atoms with E-state index in [1.54, 1.807) is 11.1 Å². The van der Waals surface area contributed by atoms with Gasteiger partial charge >= 0.3 is 0 Å². The number of aliphatic imine (C=N–C) groups is 2. The van der Waals surface area contributed by atoms with Crippen molar-refractivity contribution in [2.75, 3.05) is 0 Å². The number of nitrogens with two attached hydrogens (primary N) is 3. The van der Waals surface area contributed by atoms with Gasteiger partial charge in [0.1, 0.15) is 18.3 Å². The van der Waals surface area contributed by atoms with Crippen molar-refractivity contribution in [2.45, 2.75) is 44.3 Å². The Balaban J connectivity index is 2.06. The predicted octanol–water partition coefficient (Wildman–Crippen LogP) is 0.0626. The summed E-state index contributed by atoms with van der Waals surface area (Å²) < 4.78 is 0. The zero-order valence-corrected chi connectivity index (χ0v) is 9.92. The minimum absolute atomic E-state index is 0.261. The fraction of sp³-hybridized carbons (Fsp3) is 0.636.